The van der Waals surface area contributed by atoms with Crippen molar-refractivity contribution in [3.63, 3.8) is 0 Å². The van der Waals surface area contributed by atoms with Crippen LogP contribution in [0.25, 0.3) is 10.9 Å². The molecule has 1 heterocycles. The second-order valence-corrected chi connectivity index (χ2v) is 6.12. The van der Waals surface area contributed by atoms with Crippen LogP contribution in [0.4, 0.5) is 0 Å². The fourth-order valence-corrected chi connectivity index (χ4v) is 3.75. The van der Waals surface area contributed by atoms with Gasteiger partial charge in [-0.2, -0.15) is 0 Å². The molecule has 1 fully saturated rings. The molecule has 1 aromatic heterocycles. The molecule has 2 aromatic rings. The third-order valence-corrected chi connectivity index (χ3v) is 4.90. The van der Waals surface area contributed by atoms with Crippen LogP contribution in [0.15, 0.2) is 36.5 Å². The molecule has 0 bridgehead atoms. The Morgan fingerprint density at radius 1 is 1.25 bits per heavy atom. The van der Waals surface area contributed by atoms with E-state index < -0.39 is 5.60 Å². The third-order valence-electron chi connectivity index (χ3n) is 4.90. The zero-order valence-corrected chi connectivity index (χ0v) is 12.2. The highest BCUT2D eigenvalue weighted by atomic mass is 16.3. The Labute approximate surface area is 120 Å². The molecule has 1 aliphatic carbocycles. The number of hydrogen-bond acceptors (Lipinski definition) is 2. The van der Waals surface area contributed by atoms with Crippen LogP contribution in [0.2, 0.25) is 0 Å². The molecule has 0 saturated heterocycles. The summed E-state index contributed by atoms with van der Waals surface area (Å²) in [4.78, 5) is 4.42. The number of fused-ring (bicyclic) bond motifs is 1. The minimum atomic E-state index is -0.531. The van der Waals surface area contributed by atoms with Crippen molar-refractivity contribution < 1.29 is 5.11 Å². The summed E-state index contributed by atoms with van der Waals surface area (Å²) in [7, 11) is 0. The highest BCUT2D eigenvalue weighted by Crippen LogP contribution is 2.39. The molecule has 1 aromatic carbocycles. The highest BCUT2D eigenvalue weighted by Gasteiger charge is 2.37. The van der Waals surface area contributed by atoms with Crippen LogP contribution < -0.4 is 0 Å². The summed E-state index contributed by atoms with van der Waals surface area (Å²) >= 11 is 0. The van der Waals surface area contributed by atoms with E-state index in [0.717, 1.165) is 37.6 Å². The minimum absolute atomic E-state index is 0.433. The van der Waals surface area contributed by atoms with Gasteiger partial charge in [0, 0.05) is 18.0 Å². The van der Waals surface area contributed by atoms with Crippen molar-refractivity contribution in [1.82, 2.24) is 4.98 Å². The number of pyridine rings is 1. The molecular weight excluding hydrogens is 246 g/mol. The third kappa shape index (κ3) is 2.45. The van der Waals surface area contributed by atoms with Crippen molar-refractivity contribution >= 4 is 10.9 Å². The van der Waals surface area contributed by atoms with Crippen LogP contribution in [-0.4, -0.2) is 15.7 Å². The van der Waals surface area contributed by atoms with Gasteiger partial charge in [-0.25, -0.2) is 0 Å². The maximum atomic E-state index is 11.1. The lowest BCUT2D eigenvalue weighted by Gasteiger charge is -2.40. The van der Waals surface area contributed by atoms with Crippen molar-refractivity contribution in [2.24, 2.45) is 5.92 Å². The average Bonchev–Trinajstić information content (AvgIpc) is 2.48. The zero-order valence-electron chi connectivity index (χ0n) is 12.2. The standard InChI is InChI=1S/C18H23NO/c1-2-15-7-5-6-11-18(15,20)13-14-10-12-19-17-9-4-3-8-16(14)17/h3-4,8-10,12,15,20H,2,5-7,11,13H2,1H3. The van der Waals surface area contributed by atoms with Gasteiger partial charge in [0.05, 0.1) is 11.1 Å². The molecule has 0 amide bonds. The normalized spacial score (nSPS) is 26.8. The number of aromatic nitrogens is 1. The van der Waals surface area contributed by atoms with Gasteiger partial charge in [-0.3, -0.25) is 4.98 Å². The Morgan fingerprint density at radius 3 is 2.95 bits per heavy atom. The Kier molecular flexibility index (Phi) is 3.75. The van der Waals surface area contributed by atoms with Crippen LogP contribution in [0.1, 0.15) is 44.6 Å². The lowest BCUT2D eigenvalue weighted by Crippen LogP contribution is -2.42. The molecule has 0 radical (unpaired) electrons. The molecule has 1 aliphatic rings. The molecule has 2 nitrogen and oxygen atoms in total. The molecule has 0 spiro atoms. The topological polar surface area (TPSA) is 33.1 Å². The summed E-state index contributed by atoms with van der Waals surface area (Å²) in [6, 6.07) is 10.3. The van der Waals surface area contributed by atoms with Gasteiger partial charge in [-0.1, -0.05) is 44.4 Å². The summed E-state index contributed by atoms with van der Waals surface area (Å²) < 4.78 is 0. The smallest absolute Gasteiger partial charge is 0.0716 e. The number of hydrogen-bond donors (Lipinski definition) is 1. The van der Waals surface area contributed by atoms with Crippen LogP contribution in [0.5, 0.6) is 0 Å². The lowest BCUT2D eigenvalue weighted by atomic mass is 9.71. The van der Waals surface area contributed by atoms with Crippen LogP contribution >= 0.6 is 0 Å². The van der Waals surface area contributed by atoms with Gasteiger partial charge < -0.3 is 5.11 Å². The van der Waals surface area contributed by atoms with Gasteiger partial charge >= 0.3 is 0 Å². The SMILES string of the molecule is CCC1CCCCC1(O)Cc1ccnc2ccccc12. The molecule has 20 heavy (non-hydrogen) atoms. The second-order valence-electron chi connectivity index (χ2n) is 6.12. The van der Waals surface area contributed by atoms with E-state index in [0.29, 0.717) is 5.92 Å². The molecule has 1 N–H and O–H groups in total. The first-order valence-electron chi connectivity index (χ1n) is 7.78. The first-order valence-corrected chi connectivity index (χ1v) is 7.78. The minimum Gasteiger partial charge on any atom is -0.389 e. The molecule has 2 heteroatoms. The van der Waals surface area contributed by atoms with Crippen molar-refractivity contribution in [1.29, 1.82) is 0 Å². The highest BCUT2D eigenvalue weighted by molar-refractivity contribution is 5.81. The number of aliphatic hydroxyl groups is 1. The Bertz CT molecular complexity index is 589. The summed E-state index contributed by atoms with van der Waals surface area (Å²) in [5, 5.41) is 12.3. The Morgan fingerprint density at radius 2 is 2.10 bits per heavy atom. The number of para-hydroxylation sites is 1. The first-order chi connectivity index (χ1) is 9.73. The monoisotopic (exact) mass is 269 g/mol. The van der Waals surface area contributed by atoms with E-state index in [-0.39, 0.29) is 0 Å². The molecule has 106 valence electrons. The lowest BCUT2D eigenvalue weighted by molar-refractivity contribution is -0.0489. The number of benzene rings is 1. The first kappa shape index (κ1) is 13.6. The van der Waals surface area contributed by atoms with E-state index >= 15 is 0 Å². The Hall–Kier alpha value is -1.41. The fourth-order valence-electron chi connectivity index (χ4n) is 3.75. The molecule has 0 aliphatic heterocycles. The van der Waals surface area contributed by atoms with Crippen molar-refractivity contribution in [3.05, 3.63) is 42.1 Å². The number of rotatable bonds is 3. The average molecular weight is 269 g/mol. The predicted octanol–water partition coefficient (Wildman–Crippen LogP) is 4.11. The van der Waals surface area contributed by atoms with E-state index in [2.05, 4.69) is 30.1 Å². The van der Waals surface area contributed by atoms with Crippen molar-refractivity contribution in [2.75, 3.05) is 0 Å². The summed E-state index contributed by atoms with van der Waals surface area (Å²) in [6.07, 6.45) is 8.20. The summed E-state index contributed by atoms with van der Waals surface area (Å²) in [5.74, 6) is 0.433. The van der Waals surface area contributed by atoms with E-state index in [9.17, 15) is 5.11 Å². The van der Waals surface area contributed by atoms with E-state index in [1.54, 1.807) is 0 Å². The van der Waals surface area contributed by atoms with Crippen LogP contribution in [-0.2, 0) is 6.42 Å². The zero-order chi connectivity index (χ0) is 14.0. The largest absolute Gasteiger partial charge is 0.389 e. The summed E-state index contributed by atoms with van der Waals surface area (Å²) in [5.41, 5.74) is 1.73. The van der Waals surface area contributed by atoms with Crippen molar-refractivity contribution in [2.45, 2.75) is 51.0 Å². The fraction of sp³-hybridized carbons (Fsp3) is 0.500. The van der Waals surface area contributed by atoms with Crippen LogP contribution in [0.3, 0.4) is 0 Å². The molecule has 2 unspecified atom stereocenters. The maximum Gasteiger partial charge on any atom is 0.0716 e. The Balaban J connectivity index is 1.95. The number of nitrogens with zero attached hydrogens (tertiary/aromatic N) is 1. The van der Waals surface area contributed by atoms with Gasteiger partial charge in [-0.05, 0) is 36.5 Å². The van der Waals surface area contributed by atoms with Gasteiger partial charge in [0.15, 0.2) is 0 Å². The summed E-state index contributed by atoms with van der Waals surface area (Å²) in [6.45, 7) is 2.20. The molecule has 2 atom stereocenters. The van der Waals surface area contributed by atoms with Gasteiger partial charge in [0.25, 0.3) is 0 Å². The van der Waals surface area contributed by atoms with Crippen molar-refractivity contribution in [3.8, 4) is 0 Å². The van der Waals surface area contributed by atoms with Gasteiger partial charge in [0.1, 0.15) is 0 Å². The molecule has 3 rings (SSSR count). The van der Waals surface area contributed by atoms with E-state index in [1.807, 2.05) is 18.3 Å². The van der Waals surface area contributed by atoms with E-state index in [1.165, 1.54) is 17.4 Å². The quantitative estimate of drug-likeness (QED) is 0.909. The second kappa shape index (κ2) is 5.53. The maximum absolute atomic E-state index is 11.1. The van der Waals surface area contributed by atoms with Crippen LogP contribution in [0, 0.1) is 5.92 Å². The van der Waals surface area contributed by atoms with E-state index in [4.69, 9.17) is 0 Å². The van der Waals surface area contributed by atoms with Gasteiger partial charge in [-0.15, -0.1) is 0 Å². The van der Waals surface area contributed by atoms with Gasteiger partial charge in [0.2, 0.25) is 0 Å². The molecule has 1 saturated carbocycles. The predicted molar refractivity (Wildman–Crippen MR) is 82.6 cm³/mol. The molecular formula is C18H23NO.